The van der Waals surface area contributed by atoms with Gasteiger partial charge in [0.2, 0.25) is 0 Å². The number of ether oxygens (including phenoxy) is 1. The molecule has 0 spiro atoms. The van der Waals surface area contributed by atoms with Crippen LogP contribution in [0, 0.1) is 0 Å². The number of nitrogens with one attached hydrogen (secondary N) is 1. The zero-order valence-corrected chi connectivity index (χ0v) is 15.8. The quantitative estimate of drug-likeness (QED) is 0.507. The monoisotopic (exact) mass is 395 g/mol. The van der Waals surface area contributed by atoms with Crippen LogP contribution in [0.1, 0.15) is 21.3 Å². The Morgan fingerprint density at radius 1 is 1.32 bits per heavy atom. The van der Waals surface area contributed by atoms with Crippen molar-refractivity contribution in [3.05, 3.63) is 81.1 Å². The van der Waals surface area contributed by atoms with Gasteiger partial charge in [0.05, 0.1) is 7.11 Å². The van der Waals surface area contributed by atoms with Crippen LogP contribution < -0.4 is 15.7 Å². The number of para-hydroxylation sites is 1. The second-order valence-electron chi connectivity index (χ2n) is 6.05. The Balaban J connectivity index is 1.59. The largest absolute Gasteiger partial charge is 0.493 e. The summed E-state index contributed by atoms with van der Waals surface area (Å²) in [5.41, 5.74) is -0.438. The van der Waals surface area contributed by atoms with Gasteiger partial charge in [-0.05, 0) is 29.6 Å². The minimum absolute atomic E-state index is 0.0499. The molecule has 1 N–H and O–H groups in total. The first kappa shape index (κ1) is 18.0. The second-order valence-corrected chi connectivity index (χ2v) is 7.03. The molecule has 8 heteroatoms. The number of aromatic nitrogens is 2. The zero-order chi connectivity index (χ0) is 19.5. The number of hydrogen-bond acceptors (Lipinski definition) is 6. The topological polar surface area (TPSA) is 86.4 Å². The van der Waals surface area contributed by atoms with Gasteiger partial charge in [-0.1, -0.05) is 18.2 Å². The molecule has 3 heterocycles. The Morgan fingerprint density at radius 2 is 2.21 bits per heavy atom. The molecule has 1 aromatic carbocycles. The highest BCUT2D eigenvalue weighted by Crippen LogP contribution is 2.25. The molecule has 0 aliphatic carbocycles. The molecule has 0 radical (unpaired) electrons. The number of hydrogen-bond donors (Lipinski definition) is 1. The highest BCUT2D eigenvalue weighted by Gasteiger charge is 2.19. The fourth-order valence-electron chi connectivity index (χ4n) is 2.99. The molecule has 3 aromatic heterocycles. The van der Waals surface area contributed by atoms with Crippen LogP contribution in [0.5, 0.6) is 5.75 Å². The number of carbonyl (C=O) groups excluding carboxylic acids is 1. The van der Waals surface area contributed by atoms with E-state index in [-0.39, 0.29) is 18.2 Å². The number of thiophene rings is 1. The van der Waals surface area contributed by atoms with E-state index in [0.717, 1.165) is 4.88 Å². The third kappa shape index (κ3) is 3.41. The Morgan fingerprint density at radius 3 is 2.93 bits per heavy atom. The number of carbonyl (C=O) groups is 1. The van der Waals surface area contributed by atoms with Gasteiger partial charge in [0.15, 0.2) is 11.3 Å². The number of benzene rings is 1. The lowest BCUT2D eigenvalue weighted by Gasteiger charge is -2.17. The van der Waals surface area contributed by atoms with E-state index in [4.69, 9.17) is 9.15 Å². The van der Waals surface area contributed by atoms with Gasteiger partial charge in [0.25, 0.3) is 5.91 Å². The SMILES string of the molecule is COc1cccc2cc(C(=O)NCC(c3cccs3)n3cccn3)c(=O)oc12. The minimum atomic E-state index is -0.707. The number of methoxy groups -OCH3 is 1. The summed E-state index contributed by atoms with van der Waals surface area (Å²) < 4.78 is 12.3. The standard InChI is InChI=1S/C20H17N3O4S/c1-26-16-6-2-5-13-11-14(20(25)27-18(13)16)19(24)21-12-15(17-7-3-10-28-17)23-9-4-8-22-23/h2-11,15H,12H2,1H3,(H,21,24). The van der Waals surface area contributed by atoms with Crippen LogP contribution in [-0.4, -0.2) is 29.3 Å². The fraction of sp³-hybridized carbons (Fsp3) is 0.150. The van der Waals surface area contributed by atoms with E-state index in [1.807, 2.05) is 29.8 Å². The average molecular weight is 395 g/mol. The third-order valence-electron chi connectivity index (χ3n) is 4.36. The smallest absolute Gasteiger partial charge is 0.349 e. The number of amides is 1. The first-order valence-corrected chi connectivity index (χ1v) is 9.47. The maximum Gasteiger partial charge on any atom is 0.349 e. The molecule has 1 unspecified atom stereocenters. The molecule has 1 atom stereocenters. The van der Waals surface area contributed by atoms with Crippen molar-refractivity contribution in [2.24, 2.45) is 0 Å². The Kier molecular flexibility index (Phi) is 4.94. The second kappa shape index (κ2) is 7.69. The van der Waals surface area contributed by atoms with Crippen molar-refractivity contribution in [3.63, 3.8) is 0 Å². The van der Waals surface area contributed by atoms with Crippen molar-refractivity contribution < 1.29 is 13.9 Å². The van der Waals surface area contributed by atoms with E-state index in [0.29, 0.717) is 16.7 Å². The van der Waals surface area contributed by atoms with Gasteiger partial charge in [-0.25, -0.2) is 4.79 Å². The van der Waals surface area contributed by atoms with E-state index in [9.17, 15) is 9.59 Å². The first-order valence-electron chi connectivity index (χ1n) is 8.59. The van der Waals surface area contributed by atoms with Crippen molar-refractivity contribution >= 4 is 28.2 Å². The molecule has 0 aliphatic rings. The van der Waals surface area contributed by atoms with Gasteiger partial charge >= 0.3 is 5.63 Å². The van der Waals surface area contributed by atoms with Gasteiger partial charge in [-0.2, -0.15) is 5.10 Å². The molecule has 0 saturated heterocycles. The molecule has 7 nitrogen and oxygen atoms in total. The number of nitrogens with zero attached hydrogens (tertiary/aromatic N) is 2. The van der Waals surface area contributed by atoms with Gasteiger partial charge in [0, 0.05) is 29.2 Å². The van der Waals surface area contributed by atoms with Gasteiger partial charge in [-0.3, -0.25) is 9.48 Å². The van der Waals surface area contributed by atoms with Crippen LogP contribution >= 0.6 is 11.3 Å². The molecule has 4 rings (SSSR count). The Labute approximate surface area is 164 Å². The summed E-state index contributed by atoms with van der Waals surface area (Å²) in [6, 6.07) is 12.3. The summed E-state index contributed by atoms with van der Waals surface area (Å²) in [6.07, 6.45) is 3.53. The van der Waals surface area contributed by atoms with Gasteiger partial charge < -0.3 is 14.5 Å². The summed E-state index contributed by atoms with van der Waals surface area (Å²) in [5.74, 6) is -0.0508. The van der Waals surface area contributed by atoms with Crippen LogP contribution in [-0.2, 0) is 0 Å². The van der Waals surface area contributed by atoms with E-state index in [1.54, 1.807) is 40.4 Å². The fourth-order valence-corrected chi connectivity index (χ4v) is 3.81. The Hall–Kier alpha value is -3.39. The molecule has 1 amide bonds. The lowest BCUT2D eigenvalue weighted by Crippen LogP contribution is -2.33. The molecule has 0 aliphatic heterocycles. The predicted octanol–water partition coefficient (Wildman–Crippen LogP) is 3.08. The van der Waals surface area contributed by atoms with Crippen molar-refractivity contribution in [1.82, 2.24) is 15.1 Å². The lowest BCUT2D eigenvalue weighted by atomic mass is 10.1. The van der Waals surface area contributed by atoms with Crippen molar-refractivity contribution in [2.75, 3.05) is 13.7 Å². The molecule has 0 saturated carbocycles. The molecule has 28 heavy (non-hydrogen) atoms. The average Bonchev–Trinajstić information content (AvgIpc) is 3.42. The lowest BCUT2D eigenvalue weighted by molar-refractivity contribution is 0.0946. The summed E-state index contributed by atoms with van der Waals surface area (Å²) in [5, 5.41) is 9.69. The first-order chi connectivity index (χ1) is 13.7. The normalized spacial score (nSPS) is 12.0. The molecule has 0 fully saturated rings. The highest BCUT2D eigenvalue weighted by molar-refractivity contribution is 7.10. The molecule has 4 aromatic rings. The third-order valence-corrected chi connectivity index (χ3v) is 5.33. The highest BCUT2D eigenvalue weighted by atomic mass is 32.1. The van der Waals surface area contributed by atoms with Crippen molar-refractivity contribution in [1.29, 1.82) is 0 Å². The van der Waals surface area contributed by atoms with Gasteiger partial charge in [0.1, 0.15) is 11.6 Å². The van der Waals surface area contributed by atoms with Crippen LogP contribution in [0.3, 0.4) is 0 Å². The van der Waals surface area contributed by atoms with Crippen LogP contribution in [0.25, 0.3) is 11.0 Å². The maximum absolute atomic E-state index is 12.7. The van der Waals surface area contributed by atoms with E-state index < -0.39 is 11.5 Å². The summed E-state index contributed by atoms with van der Waals surface area (Å²) in [6.45, 7) is 0.288. The molecular formula is C20H17N3O4S. The van der Waals surface area contributed by atoms with Crippen LogP contribution in [0.2, 0.25) is 0 Å². The predicted molar refractivity (Wildman–Crippen MR) is 106 cm³/mol. The van der Waals surface area contributed by atoms with Crippen LogP contribution in [0.15, 0.2) is 69.5 Å². The summed E-state index contributed by atoms with van der Waals surface area (Å²) >= 11 is 1.58. The number of fused-ring (bicyclic) bond motifs is 1. The summed E-state index contributed by atoms with van der Waals surface area (Å²) in [4.78, 5) is 26.1. The van der Waals surface area contributed by atoms with E-state index >= 15 is 0 Å². The molecular weight excluding hydrogens is 378 g/mol. The molecule has 0 bridgehead atoms. The maximum atomic E-state index is 12.7. The van der Waals surface area contributed by atoms with E-state index in [1.165, 1.54) is 13.2 Å². The number of rotatable bonds is 6. The van der Waals surface area contributed by atoms with Gasteiger partial charge in [-0.15, -0.1) is 11.3 Å². The van der Waals surface area contributed by atoms with Crippen molar-refractivity contribution in [2.45, 2.75) is 6.04 Å². The zero-order valence-electron chi connectivity index (χ0n) is 15.0. The minimum Gasteiger partial charge on any atom is -0.493 e. The molecule has 142 valence electrons. The van der Waals surface area contributed by atoms with Crippen LogP contribution in [0.4, 0.5) is 0 Å². The summed E-state index contributed by atoms with van der Waals surface area (Å²) in [7, 11) is 1.50. The Bertz CT molecular complexity index is 1120. The van der Waals surface area contributed by atoms with E-state index in [2.05, 4.69) is 10.4 Å². The van der Waals surface area contributed by atoms with Crippen molar-refractivity contribution in [3.8, 4) is 5.75 Å².